The van der Waals surface area contributed by atoms with E-state index in [1.165, 1.54) is 14.0 Å². The van der Waals surface area contributed by atoms with Crippen LogP contribution in [0.4, 0.5) is 0 Å². The highest BCUT2D eigenvalue weighted by Crippen LogP contribution is 1.92. The van der Waals surface area contributed by atoms with Gasteiger partial charge in [0.1, 0.15) is 6.04 Å². The normalized spacial score (nSPS) is 11.5. The van der Waals surface area contributed by atoms with E-state index in [9.17, 15) is 9.59 Å². The van der Waals surface area contributed by atoms with Crippen molar-refractivity contribution >= 4 is 11.8 Å². The van der Waals surface area contributed by atoms with Crippen LogP contribution in [-0.4, -0.2) is 24.9 Å². The predicted octanol–water partition coefficient (Wildman–Crippen LogP) is -0.187. The Morgan fingerprint density at radius 1 is 1.58 bits per heavy atom. The molecule has 0 bridgehead atoms. The third-order valence-electron chi connectivity index (χ3n) is 1.34. The molecule has 0 spiro atoms. The Labute approximate surface area is 72.0 Å². The van der Waals surface area contributed by atoms with Crippen molar-refractivity contribution in [2.24, 2.45) is 0 Å². The first-order valence-corrected chi connectivity index (χ1v) is 3.71. The second kappa shape index (κ2) is 5.35. The summed E-state index contributed by atoms with van der Waals surface area (Å²) in [6.07, 6.45) is 2.04. The summed E-state index contributed by atoms with van der Waals surface area (Å²) in [5.41, 5.74) is 0. The van der Waals surface area contributed by atoms with Crippen molar-refractivity contribution in [3.05, 3.63) is 12.7 Å². The van der Waals surface area contributed by atoms with Gasteiger partial charge in [0.2, 0.25) is 11.8 Å². The number of nitrogens with one attached hydrogen (secondary N) is 2. The van der Waals surface area contributed by atoms with Crippen LogP contribution in [0.1, 0.15) is 13.3 Å². The van der Waals surface area contributed by atoms with E-state index in [0.29, 0.717) is 6.42 Å². The van der Waals surface area contributed by atoms with Gasteiger partial charge in [0.15, 0.2) is 0 Å². The Bertz CT molecular complexity index is 189. The van der Waals surface area contributed by atoms with Crippen LogP contribution in [-0.2, 0) is 9.59 Å². The molecule has 68 valence electrons. The summed E-state index contributed by atoms with van der Waals surface area (Å²) in [5, 5.41) is 4.96. The first-order chi connectivity index (χ1) is 5.61. The molecule has 4 heteroatoms. The maximum Gasteiger partial charge on any atom is 0.242 e. The van der Waals surface area contributed by atoms with Crippen molar-refractivity contribution in [2.45, 2.75) is 19.4 Å². The Morgan fingerprint density at radius 3 is 2.50 bits per heavy atom. The standard InChI is InChI=1S/C8H14N2O2/c1-4-5-7(8(12)9-3)10-6(2)11/h4,7H,1,5H2,2-3H3,(H,9,12)(H,10,11). The number of likely N-dealkylation sites (N-methyl/N-ethyl adjacent to an activating group) is 1. The smallest absolute Gasteiger partial charge is 0.242 e. The molecule has 1 unspecified atom stereocenters. The van der Waals surface area contributed by atoms with Gasteiger partial charge < -0.3 is 10.6 Å². The first-order valence-electron chi connectivity index (χ1n) is 3.71. The molecule has 1 atom stereocenters. The molecule has 0 saturated heterocycles. The lowest BCUT2D eigenvalue weighted by molar-refractivity contribution is -0.127. The molecule has 0 radical (unpaired) electrons. The van der Waals surface area contributed by atoms with Gasteiger partial charge in [-0.05, 0) is 6.42 Å². The lowest BCUT2D eigenvalue weighted by atomic mass is 10.2. The fraction of sp³-hybridized carbons (Fsp3) is 0.500. The molecule has 4 nitrogen and oxygen atoms in total. The second-order valence-corrected chi connectivity index (χ2v) is 2.39. The molecular weight excluding hydrogens is 156 g/mol. The lowest BCUT2D eigenvalue weighted by Crippen LogP contribution is -2.44. The van der Waals surface area contributed by atoms with Crippen molar-refractivity contribution in [2.75, 3.05) is 7.05 Å². The molecule has 0 aliphatic rings. The van der Waals surface area contributed by atoms with Crippen LogP contribution in [0.3, 0.4) is 0 Å². The minimum Gasteiger partial charge on any atom is -0.357 e. The van der Waals surface area contributed by atoms with E-state index in [0.717, 1.165) is 0 Å². The largest absolute Gasteiger partial charge is 0.357 e. The molecule has 0 aliphatic heterocycles. The molecule has 0 rings (SSSR count). The Balaban J connectivity index is 4.11. The van der Waals surface area contributed by atoms with Gasteiger partial charge >= 0.3 is 0 Å². The summed E-state index contributed by atoms with van der Waals surface area (Å²) in [6.45, 7) is 4.87. The lowest BCUT2D eigenvalue weighted by Gasteiger charge is -2.13. The fourth-order valence-corrected chi connectivity index (χ4v) is 0.818. The van der Waals surface area contributed by atoms with E-state index in [1.807, 2.05) is 0 Å². The van der Waals surface area contributed by atoms with Crippen molar-refractivity contribution in [3.8, 4) is 0 Å². The summed E-state index contributed by atoms with van der Waals surface area (Å²) >= 11 is 0. The van der Waals surface area contributed by atoms with Gasteiger partial charge in [0.25, 0.3) is 0 Å². The van der Waals surface area contributed by atoms with Crippen molar-refractivity contribution in [3.63, 3.8) is 0 Å². The third kappa shape index (κ3) is 3.75. The van der Waals surface area contributed by atoms with Gasteiger partial charge in [0, 0.05) is 14.0 Å². The zero-order valence-electron chi connectivity index (χ0n) is 7.39. The number of carbonyl (C=O) groups excluding carboxylic acids is 2. The fourth-order valence-electron chi connectivity index (χ4n) is 0.818. The summed E-state index contributed by atoms with van der Waals surface area (Å²) in [4.78, 5) is 21.7. The first kappa shape index (κ1) is 10.7. The molecule has 0 aromatic heterocycles. The molecule has 2 amide bonds. The van der Waals surface area contributed by atoms with Crippen molar-refractivity contribution in [1.29, 1.82) is 0 Å². The van der Waals surface area contributed by atoms with Crippen molar-refractivity contribution < 1.29 is 9.59 Å². The minimum absolute atomic E-state index is 0.204. The maximum atomic E-state index is 11.1. The summed E-state index contributed by atoms with van der Waals surface area (Å²) in [6, 6.07) is -0.495. The van der Waals surface area contributed by atoms with E-state index in [-0.39, 0.29) is 11.8 Å². The quantitative estimate of drug-likeness (QED) is 0.575. The van der Waals surface area contributed by atoms with E-state index in [1.54, 1.807) is 6.08 Å². The highest BCUT2D eigenvalue weighted by Gasteiger charge is 2.15. The van der Waals surface area contributed by atoms with E-state index in [4.69, 9.17) is 0 Å². The van der Waals surface area contributed by atoms with Crippen LogP contribution in [0.2, 0.25) is 0 Å². The van der Waals surface area contributed by atoms with Gasteiger partial charge in [-0.3, -0.25) is 9.59 Å². The van der Waals surface area contributed by atoms with E-state index < -0.39 is 6.04 Å². The Hall–Kier alpha value is -1.32. The molecule has 0 aliphatic carbocycles. The zero-order valence-corrected chi connectivity index (χ0v) is 7.39. The number of rotatable bonds is 4. The molecule has 2 N–H and O–H groups in total. The van der Waals surface area contributed by atoms with E-state index >= 15 is 0 Å². The van der Waals surface area contributed by atoms with Crippen LogP contribution in [0.5, 0.6) is 0 Å². The highest BCUT2D eigenvalue weighted by atomic mass is 16.2. The number of hydrogen-bond donors (Lipinski definition) is 2. The van der Waals surface area contributed by atoms with Crippen molar-refractivity contribution in [1.82, 2.24) is 10.6 Å². The number of carbonyl (C=O) groups is 2. The van der Waals surface area contributed by atoms with Crippen LogP contribution in [0.25, 0.3) is 0 Å². The maximum absolute atomic E-state index is 11.1. The number of amides is 2. The molecule has 0 fully saturated rings. The molecule has 0 aromatic rings. The SMILES string of the molecule is C=CCC(NC(C)=O)C(=O)NC. The average Bonchev–Trinajstić information content (AvgIpc) is 2.01. The molecule has 12 heavy (non-hydrogen) atoms. The van der Waals surface area contributed by atoms with Gasteiger partial charge in [-0.2, -0.15) is 0 Å². The van der Waals surface area contributed by atoms with Gasteiger partial charge in [0.05, 0.1) is 0 Å². The number of hydrogen-bond acceptors (Lipinski definition) is 2. The molecule has 0 aromatic carbocycles. The topological polar surface area (TPSA) is 58.2 Å². The predicted molar refractivity (Wildman–Crippen MR) is 46.5 cm³/mol. The Kier molecular flexibility index (Phi) is 4.76. The average molecular weight is 170 g/mol. The van der Waals surface area contributed by atoms with Gasteiger partial charge in [-0.25, -0.2) is 0 Å². The second-order valence-electron chi connectivity index (χ2n) is 2.39. The molecule has 0 heterocycles. The van der Waals surface area contributed by atoms with Gasteiger partial charge in [-0.1, -0.05) is 6.08 Å². The molecular formula is C8H14N2O2. The highest BCUT2D eigenvalue weighted by molar-refractivity contribution is 5.86. The third-order valence-corrected chi connectivity index (χ3v) is 1.34. The van der Waals surface area contributed by atoms with Crippen LogP contribution >= 0.6 is 0 Å². The zero-order chi connectivity index (χ0) is 9.56. The Morgan fingerprint density at radius 2 is 2.17 bits per heavy atom. The monoisotopic (exact) mass is 170 g/mol. The summed E-state index contributed by atoms with van der Waals surface area (Å²) in [7, 11) is 1.53. The van der Waals surface area contributed by atoms with Crippen LogP contribution < -0.4 is 10.6 Å². The van der Waals surface area contributed by atoms with Crippen LogP contribution in [0.15, 0.2) is 12.7 Å². The van der Waals surface area contributed by atoms with E-state index in [2.05, 4.69) is 17.2 Å². The van der Waals surface area contributed by atoms with Crippen LogP contribution in [0, 0.1) is 0 Å². The van der Waals surface area contributed by atoms with Gasteiger partial charge in [-0.15, -0.1) is 6.58 Å². The minimum atomic E-state index is -0.495. The summed E-state index contributed by atoms with van der Waals surface area (Å²) in [5.74, 6) is -0.421. The summed E-state index contributed by atoms with van der Waals surface area (Å²) < 4.78 is 0. The molecule has 0 saturated carbocycles.